The monoisotopic (exact) mass is 250 g/mol. The topological polar surface area (TPSA) is 66.8 Å². The molecule has 16 heavy (non-hydrogen) atoms. The lowest BCUT2D eigenvalue weighted by atomic mass is 10.0. The molecule has 2 N–H and O–H groups in total. The van der Waals surface area contributed by atoms with Gasteiger partial charge in [-0.3, -0.25) is 4.52 Å². The molecule has 0 amide bonds. The molecule has 0 heterocycles. The van der Waals surface area contributed by atoms with Crippen molar-refractivity contribution in [1.82, 2.24) is 0 Å². The van der Waals surface area contributed by atoms with Gasteiger partial charge in [0.25, 0.3) is 0 Å². The molecule has 0 unspecified atom stereocenters. The molecule has 0 saturated carbocycles. The predicted octanol–water partition coefficient (Wildman–Crippen LogP) is 3.40. The standard InChI is InChI=1S/C11H23O4P/c1-3-5-7-11(8-6-4-2)9-10-15-16(12,13)14/h9H,3-8,10H2,1-2H3,(H2,12,13,14). The van der Waals surface area contributed by atoms with E-state index < -0.39 is 7.82 Å². The van der Waals surface area contributed by atoms with Crippen molar-refractivity contribution in [3.8, 4) is 0 Å². The minimum Gasteiger partial charge on any atom is -0.303 e. The van der Waals surface area contributed by atoms with Crippen molar-refractivity contribution >= 4 is 7.82 Å². The number of phosphoric acid groups is 1. The summed E-state index contributed by atoms with van der Waals surface area (Å²) < 4.78 is 14.9. The van der Waals surface area contributed by atoms with Crippen molar-refractivity contribution < 1.29 is 18.9 Å². The first-order chi connectivity index (χ1) is 7.49. The molecule has 0 fully saturated rings. The minimum atomic E-state index is -4.32. The van der Waals surface area contributed by atoms with E-state index in [2.05, 4.69) is 18.4 Å². The van der Waals surface area contributed by atoms with Crippen molar-refractivity contribution in [2.24, 2.45) is 0 Å². The molecule has 0 aliphatic rings. The Morgan fingerprint density at radius 1 is 1.19 bits per heavy atom. The van der Waals surface area contributed by atoms with Crippen LogP contribution in [0, 0.1) is 0 Å². The minimum absolute atomic E-state index is 0.00698. The van der Waals surface area contributed by atoms with Gasteiger partial charge in [0.1, 0.15) is 0 Å². The maximum atomic E-state index is 10.5. The largest absolute Gasteiger partial charge is 0.469 e. The van der Waals surface area contributed by atoms with Gasteiger partial charge in [0.05, 0.1) is 6.61 Å². The zero-order chi connectivity index (χ0) is 12.4. The molecular formula is C11H23O4P. The second kappa shape index (κ2) is 8.94. The Labute approximate surface area is 98.0 Å². The third-order valence-electron chi connectivity index (χ3n) is 2.32. The van der Waals surface area contributed by atoms with Crippen LogP contribution in [0.2, 0.25) is 0 Å². The van der Waals surface area contributed by atoms with Gasteiger partial charge in [-0.15, -0.1) is 0 Å². The van der Waals surface area contributed by atoms with Crippen LogP contribution < -0.4 is 0 Å². The van der Waals surface area contributed by atoms with E-state index in [1.807, 2.05) is 6.08 Å². The summed E-state index contributed by atoms with van der Waals surface area (Å²) in [5.74, 6) is 0. The average Bonchev–Trinajstić information content (AvgIpc) is 2.19. The van der Waals surface area contributed by atoms with Crippen LogP contribution in [-0.4, -0.2) is 16.4 Å². The fourth-order valence-corrected chi connectivity index (χ4v) is 1.66. The third-order valence-corrected chi connectivity index (χ3v) is 2.80. The smallest absolute Gasteiger partial charge is 0.303 e. The Morgan fingerprint density at radius 2 is 1.69 bits per heavy atom. The first-order valence-electron chi connectivity index (χ1n) is 5.87. The molecule has 0 aromatic carbocycles. The summed E-state index contributed by atoms with van der Waals surface area (Å²) in [5.41, 5.74) is 1.25. The Kier molecular flexibility index (Phi) is 8.86. The molecule has 0 spiro atoms. The van der Waals surface area contributed by atoms with E-state index in [1.54, 1.807) is 0 Å². The SMILES string of the molecule is CCCCC(=CCOP(=O)(O)O)CCCC. The van der Waals surface area contributed by atoms with Gasteiger partial charge in [-0.2, -0.15) is 0 Å². The van der Waals surface area contributed by atoms with E-state index in [0.717, 1.165) is 38.5 Å². The summed E-state index contributed by atoms with van der Waals surface area (Å²) in [4.78, 5) is 17.1. The number of rotatable bonds is 9. The van der Waals surface area contributed by atoms with Gasteiger partial charge in [0.2, 0.25) is 0 Å². The molecule has 0 aromatic rings. The highest BCUT2D eigenvalue weighted by atomic mass is 31.2. The molecule has 0 saturated heterocycles. The maximum absolute atomic E-state index is 10.5. The quantitative estimate of drug-likeness (QED) is 0.486. The van der Waals surface area contributed by atoms with Gasteiger partial charge in [-0.25, -0.2) is 4.57 Å². The molecule has 0 rings (SSSR count). The second-order valence-electron chi connectivity index (χ2n) is 3.86. The molecule has 96 valence electrons. The van der Waals surface area contributed by atoms with Gasteiger partial charge in [0, 0.05) is 0 Å². The molecule has 0 bridgehead atoms. The van der Waals surface area contributed by atoms with E-state index >= 15 is 0 Å². The van der Waals surface area contributed by atoms with Crippen LogP contribution >= 0.6 is 7.82 Å². The van der Waals surface area contributed by atoms with E-state index in [9.17, 15) is 4.57 Å². The molecule has 0 aliphatic carbocycles. The Bertz CT molecular complexity index is 234. The fourth-order valence-electron chi connectivity index (χ4n) is 1.39. The van der Waals surface area contributed by atoms with Gasteiger partial charge >= 0.3 is 7.82 Å². The number of phosphoric ester groups is 1. The maximum Gasteiger partial charge on any atom is 0.469 e. The third kappa shape index (κ3) is 10.4. The Hall–Kier alpha value is -0.150. The van der Waals surface area contributed by atoms with Crippen LogP contribution in [0.4, 0.5) is 0 Å². The lowest BCUT2D eigenvalue weighted by Gasteiger charge is -2.07. The van der Waals surface area contributed by atoms with Crippen molar-refractivity contribution in [3.63, 3.8) is 0 Å². The normalized spacial score (nSPS) is 11.5. The van der Waals surface area contributed by atoms with Crippen molar-refractivity contribution in [3.05, 3.63) is 11.6 Å². The van der Waals surface area contributed by atoms with Crippen LogP contribution in [0.5, 0.6) is 0 Å². The predicted molar refractivity (Wildman–Crippen MR) is 65.1 cm³/mol. The molecule has 0 aromatic heterocycles. The first kappa shape index (κ1) is 15.9. The summed E-state index contributed by atoms with van der Waals surface area (Å²) in [6, 6.07) is 0. The Balaban J connectivity index is 4.04. The average molecular weight is 250 g/mol. The molecule has 0 radical (unpaired) electrons. The number of hydrogen-bond donors (Lipinski definition) is 2. The molecule has 5 heteroatoms. The summed E-state index contributed by atoms with van der Waals surface area (Å²) >= 11 is 0. The summed E-state index contributed by atoms with van der Waals surface area (Å²) in [6.45, 7) is 4.26. The van der Waals surface area contributed by atoms with E-state index in [1.165, 1.54) is 5.57 Å². The lowest BCUT2D eigenvalue weighted by Crippen LogP contribution is -1.92. The van der Waals surface area contributed by atoms with Crippen LogP contribution in [-0.2, 0) is 9.09 Å². The number of hydrogen-bond acceptors (Lipinski definition) is 2. The highest BCUT2D eigenvalue weighted by Crippen LogP contribution is 2.35. The van der Waals surface area contributed by atoms with Gasteiger partial charge < -0.3 is 9.79 Å². The van der Waals surface area contributed by atoms with Gasteiger partial charge in [0.15, 0.2) is 0 Å². The number of unbranched alkanes of at least 4 members (excludes halogenated alkanes) is 2. The molecule has 4 nitrogen and oxygen atoms in total. The van der Waals surface area contributed by atoms with Crippen LogP contribution in [0.25, 0.3) is 0 Å². The van der Waals surface area contributed by atoms with Crippen LogP contribution in [0.15, 0.2) is 11.6 Å². The fraction of sp³-hybridized carbons (Fsp3) is 0.818. The zero-order valence-electron chi connectivity index (χ0n) is 10.2. The summed E-state index contributed by atoms with van der Waals surface area (Å²) in [6.07, 6.45) is 8.30. The van der Waals surface area contributed by atoms with Crippen molar-refractivity contribution in [2.75, 3.05) is 6.61 Å². The lowest BCUT2D eigenvalue weighted by molar-refractivity contribution is 0.215. The van der Waals surface area contributed by atoms with Gasteiger partial charge in [-0.05, 0) is 25.7 Å². The number of allylic oxidation sites excluding steroid dienone is 1. The first-order valence-corrected chi connectivity index (χ1v) is 7.40. The van der Waals surface area contributed by atoms with E-state index in [0.29, 0.717) is 0 Å². The van der Waals surface area contributed by atoms with E-state index in [-0.39, 0.29) is 6.61 Å². The molecule has 0 aliphatic heterocycles. The summed E-state index contributed by atoms with van der Waals surface area (Å²) in [7, 11) is -4.32. The zero-order valence-corrected chi connectivity index (χ0v) is 11.1. The van der Waals surface area contributed by atoms with Crippen molar-refractivity contribution in [1.29, 1.82) is 0 Å². The van der Waals surface area contributed by atoms with Gasteiger partial charge in [-0.1, -0.05) is 38.3 Å². The van der Waals surface area contributed by atoms with Crippen molar-refractivity contribution in [2.45, 2.75) is 52.4 Å². The van der Waals surface area contributed by atoms with E-state index in [4.69, 9.17) is 9.79 Å². The Morgan fingerprint density at radius 3 is 2.06 bits per heavy atom. The highest BCUT2D eigenvalue weighted by Gasteiger charge is 2.11. The molecule has 0 atom stereocenters. The van der Waals surface area contributed by atoms with Crippen LogP contribution in [0.3, 0.4) is 0 Å². The highest BCUT2D eigenvalue weighted by molar-refractivity contribution is 7.46. The van der Waals surface area contributed by atoms with Crippen LogP contribution in [0.1, 0.15) is 52.4 Å². The molecular weight excluding hydrogens is 227 g/mol. The second-order valence-corrected chi connectivity index (χ2v) is 5.10. The summed E-state index contributed by atoms with van der Waals surface area (Å²) in [5, 5.41) is 0.